The molecule has 1 atom stereocenters. The number of carbonyl (C=O) groups is 2. The van der Waals surface area contributed by atoms with Gasteiger partial charge in [0.2, 0.25) is 11.8 Å². The van der Waals surface area contributed by atoms with E-state index < -0.39 is 28.5 Å². The standard InChI is InChI=1S/C36H39Cl2N3O6S/c1-4-5-20-39-36(43)33(21-26-12-8-6-9-13-26)40(24-27-16-17-28(37)22-31(27)38)35(42)25-41(48(44,45)30-14-10-7-11-15-30)32-23-29(46-2)18-19-34(32)47-3/h6-19,22-23,33H,4-5,20-21,24-25H2,1-3H3,(H,39,43)/t33-/m1/s1. The second kappa shape index (κ2) is 17.2. The Balaban J connectivity index is 1.86. The van der Waals surface area contributed by atoms with Crippen molar-refractivity contribution >= 4 is 50.7 Å². The summed E-state index contributed by atoms with van der Waals surface area (Å²) in [6.07, 6.45) is 1.78. The fourth-order valence-corrected chi connectivity index (χ4v) is 7.02. The Bertz CT molecular complexity index is 1790. The molecule has 0 unspecified atom stereocenters. The normalized spacial score (nSPS) is 11.8. The zero-order valence-corrected chi connectivity index (χ0v) is 29.4. The summed E-state index contributed by atoms with van der Waals surface area (Å²) in [6.45, 7) is 1.67. The van der Waals surface area contributed by atoms with Gasteiger partial charge in [-0.3, -0.25) is 13.9 Å². The van der Waals surface area contributed by atoms with Gasteiger partial charge in [-0.15, -0.1) is 0 Å². The van der Waals surface area contributed by atoms with Crippen molar-refractivity contribution in [3.63, 3.8) is 0 Å². The molecule has 1 N–H and O–H groups in total. The van der Waals surface area contributed by atoms with Crippen molar-refractivity contribution in [2.24, 2.45) is 0 Å². The molecule has 254 valence electrons. The number of amides is 2. The van der Waals surface area contributed by atoms with E-state index in [1.807, 2.05) is 37.3 Å². The Morgan fingerprint density at radius 2 is 1.56 bits per heavy atom. The van der Waals surface area contributed by atoms with Crippen LogP contribution >= 0.6 is 23.2 Å². The van der Waals surface area contributed by atoms with E-state index in [-0.39, 0.29) is 35.2 Å². The molecule has 4 aromatic carbocycles. The summed E-state index contributed by atoms with van der Waals surface area (Å²) >= 11 is 12.8. The van der Waals surface area contributed by atoms with E-state index in [1.54, 1.807) is 48.5 Å². The number of ether oxygens (including phenoxy) is 2. The van der Waals surface area contributed by atoms with E-state index in [9.17, 15) is 18.0 Å². The zero-order chi connectivity index (χ0) is 34.7. The highest BCUT2D eigenvalue weighted by Crippen LogP contribution is 2.36. The van der Waals surface area contributed by atoms with Gasteiger partial charge in [0.05, 0.1) is 24.8 Å². The van der Waals surface area contributed by atoms with Crippen LogP contribution in [0.2, 0.25) is 10.0 Å². The minimum absolute atomic E-state index is 0.0342. The number of unbranched alkanes of at least 4 members (excludes halogenated alkanes) is 1. The van der Waals surface area contributed by atoms with Crippen LogP contribution in [0.1, 0.15) is 30.9 Å². The predicted molar refractivity (Wildman–Crippen MR) is 189 cm³/mol. The summed E-state index contributed by atoms with van der Waals surface area (Å²) in [5, 5.41) is 3.67. The Labute approximate surface area is 292 Å². The number of anilines is 1. The van der Waals surface area contributed by atoms with Crippen LogP contribution in [-0.2, 0) is 32.6 Å². The van der Waals surface area contributed by atoms with Crippen LogP contribution in [0.4, 0.5) is 5.69 Å². The first-order valence-corrected chi connectivity index (χ1v) is 17.6. The molecule has 0 aliphatic heterocycles. The van der Waals surface area contributed by atoms with Crippen molar-refractivity contribution in [1.82, 2.24) is 10.2 Å². The number of hydrogen-bond acceptors (Lipinski definition) is 6. The molecule has 48 heavy (non-hydrogen) atoms. The highest BCUT2D eigenvalue weighted by molar-refractivity contribution is 7.92. The largest absolute Gasteiger partial charge is 0.497 e. The number of benzene rings is 4. The van der Waals surface area contributed by atoms with Crippen LogP contribution in [0.15, 0.2) is 102 Å². The molecule has 0 fully saturated rings. The maximum atomic E-state index is 14.7. The summed E-state index contributed by atoms with van der Waals surface area (Å²) in [4.78, 5) is 30.0. The average Bonchev–Trinajstić information content (AvgIpc) is 3.10. The molecule has 0 aliphatic rings. The monoisotopic (exact) mass is 711 g/mol. The third kappa shape index (κ3) is 9.21. The first kappa shape index (κ1) is 36.6. The van der Waals surface area contributed by atoms with Crippen LogP contribution in [0, 0.1) is 0 Å². The molecular weight excluding hydrogens is 673 g/mol. The highest BCUT2D eigenvalue weighted by atomic mass is 35.5. The zero-order valence-electron chi connectivity index (χ0n) is 27.1. The number of nitrogens with one attached hydrogen (secondary N) is 1. The summed E-state index contributed by atoms with van der Waals surface area (Å²) in [5.74, 6) is -0.457. The predicted octanol–water partition coefficient (Wildman–Crippen LogP) is 6.76. The van der Waals surface area contributed by atoms with Crippen molar-refractivity contribution in [2.45, 2.75) is 43.7 Å². The smallest absolute Gasteiger partial charge is 0.264 e. The molecule has 2 amide bonds. The third-order valence-electron chi connectivity index (χ3n) is 7.72. The number of halogens is 2. The lowest BCUT2D eigenvalue weighted by Crippen LogP contribution is -2.53. The molecule has 9 nitrogen and oxygen atoms in total. The van der Waals surface area contributed by atoms with Gasteiger partial charge in [0.1, 0.15) is 24.1 Å². The van der Waals surface area contributed by atoms with Gasteiger partial charge in [-0.25, -0.2) is 8.42 Å². The molecule has 4 rings (SSSR count). The molecule has 0 saturated carbocycles. The molecular formula is C36H39Cl2N3O6S. The molecule has 0 spiro atoms. The molecule has 0 aliphatic carbocycles. The van der Waals surface area contributed by atoms with E-state index >= 15 is 0 Å². The van der Waals surface area contributed by atoms with Crippen LogP contribution < -0.4 is 19.1 Å². The number of methoxy groups -OCH3 is 2. The Morgan fingerprint density at radius 3 is 2.19 bits per heavy atom. The van der Waals surface area contributed by atoms with Crippen molar-refractivity contribution in [3.05, 3.63) is 118 Å². The van der Waals surface area contributed by atoms with E-state index in [0.29, 0.717) is 27.9 Å². The van der Waals surface area contributed by atoms with Crippen LogP contribution in [0.5, 0.6) is 11.5 Å². The summed E-state index contributed by atoms with van der Waals surface area (Å²) in [5.41, 5.74) is 1.44. The number of carbonyl (C=O) groups excluding carboxylic acids is 2. The Hall–Kier alpha value is -4.25. The average molecular weight is 713 g/mol. The molecule has 4 aromatic rings. The lowest BCUT2D eigenvalue weighted by atomic mass is 10.0. The number of rotatable bonds is 16. The Morgan fingerprint density at radius 1 is 0.875 bits per heavy atom. The van der Waals surface area contributed by atoms with Crippen molar-refractivity contribution in [1.29, 1.82) is 0 Å². The highest BCUT2D eigenvalue weighted by Gasteiger charge is 2.36. The molecule has 12 heteroatoms. The van der Waals surface area contributed by atoms with E-state index in [0.717, 1.165) is 22.7 Å². The van der Waals surface area contributed by atoms with E-state index in [1.165, 1.54) is 37.3 Å². The van der Waals surface area contributed by atoms with Crippen LogP contribution in [0.25, 0.3) is 0 Å². The van der Waals surface area contributed by atoms with Crippen molar-refractivity contribution in [2.75, 3.05) is 31.6 Å². The van der Waals surface area contributed by atoms with Gasteiger partial charge < -0.3 is 19.7 Å². The molecule has 0 aromatic heterocycles. The maximum absolute atomic E-state index is 14.7. The molecule has 0 heterocycles. The maximum Gasteiger partial charge on any atom is 0.264 e. The van der Waals surface area contributed by atoms with Crippen LogP contribution in [-0.4, -0.2) is 58.5 Å². The SMILES string of the molecule is CCCCNC(=O)[C@@H](Cc1ccccc1)N(Cc1ccc(Cl)cc1Cl)C(=O)CN(c1cc(OC)ccc1OC)S(=O)(=O)c1ccccc1. The van der Waals surface area contributed by atoms with Gasteiger partial charge in [0.25, 0.3) is 10.0 Å². The summed E-state index contributed by atoms with van der Waals surface area (Å²) < 4.78 is 40.6. The third-order valence-corrected chi connectivity index (χ3v) is 10.1. The first-order chi connectivity index (χ1) is 23.1. The fourth-order valence-electron chi connectivity index (χ4n) is 5.12. The second-order valence-corrected chi connectivity index (χ2v) is 13.7. The molecule has 0 saturated heterocycles. The molecule has 0 bridgehead atoms. The van der Waals surface area contributed by atoms with Gasteiger partial charge in [-0.2, -0.15) is 0 Å². The Kier molecular flexibility index (Phi) is 13.1. The quantitative estimate of drug-likeness (QED) is 0.129. The first-order valence-electron chi connectivity index (χ1n) is 15.4. The van der Waals surface area contributed by atoms with Crippen molar-refractivity contribution in [3.8, 4) is 11.5 Å². The van der Waals surface area contributed by atoms with Gasteiger partial charge in [-0.1, -0.05) is 91.1 Å². The second-order valence-electron chi connectivity index (χ2n) is 11.0. The van der Waals surface area contributed by atoms with Crippen molar-refractivity contribution < 1.29 is 27.5 Å². The van der Waals surface area contributed by atoms with Gasteiger partial charge >= 0.3 is 0 Å². The van der Waals surface area contributed by atoms with Gasteiger partial charge in [0, 0.05) is 35.6 Å². The van der Waals surface area contributed by atoms with E-state index in [2.05, 4.69) is 5.32 Å². The molecule has 0 radical (unpaired) electrons. The van der Waals surface area contributed by atoms with Gasteiger partial charge in [-0.05, 0) is 53.9 Å². The van der Waals surface area contributed by atoms with Gasteiger partial charge in [0.15, 0.2) is 0 Å². The van der Waals surface area contributed by atoms with Crippen LogP contribution in [0.3, 0.4) is 0 Å². The minimum atomic E-state index is -4.34. The number of sulfonamides is 1. The summed E-state index contributed by atoms with van der Waals surface area (Å²) in [6, 6.07) is 25.7. The topological polar surface area (TPSA) is 105 Å². The lowest BCUT2D eigenvalue weighted by molar-refractivity contribution is -0.140. The fraction of sp³-hybridized carbons (Fsp3) is 0.278. The van der Waals surface area contributed by atoms with E-state index in [4.69, 9.17) is 32.7 Å². The summed E-state index contributed by atoms with van der Waals surface area (Å²) in [7, 11) is -1.48. The number of hydrogen-bond donors (Lipinski definition) is 1. The number of nitrogens with zero attached hydrogens (tertiary/aromatic N) is 2. The minimum Gasteiger partial charge on any atom is -0.497 e. The lowest BCUT2D eigenvalue weighted by Gasteiger charge is -2.34.